The monoisotopic (exact) mass is 532 g/mol. The molecule has 3 rings (SSSR count). The maximum Gasteiger partial charge on any atom is 0.336 e. The van der Waals surface area contributed by atoms with E-state index < -0.39 is 36.4 Å². The Hall–Kier alpha value is -3.90. The van der Waals surface area contributed by atoms with E-state index in [1.165, 1.54) is 17.7 Å². The number of hydrogen-bond acceptors (Lipinski definition) is 8. The van der Waals surface area contributed by atoms with Crippen LogP contribution in [0.5, 0.6) is 5.75 Å². The summed E-state index contributed by atoms with van der Waals surface area (Å²) >= 11 is 0. The molecular weight excluding hydrogens is 496 g/mol. The summed E-state index contributed by atoms with van der Waals surface area (Å²) in [6.45, 7) is 12.0. The Bertz CT molecular complexity index is 1080. The fourth-order valence-electron chi connectivity index (χ4n) is 4.08. The summed E-state index contributed by atoms with van der Waals surface area (Å²) in [5.74, 6) is -4.11. The molecule has 12 nitrogen and oxygen atoms in total. The maximum absolute atomic E-state index is 10.3. The van der Waals surface area contributed by atoms with Gasteiger partial charge in [0.15, 0.2) is 5.60 Å². The van der Waals surface area contributed by atoms with Crippen LogP contribution in [0.1, 0.15) is 30.5 Å². The molecule has 0 aliphatic carbocycles. The zero-order valence-corrected chi connectivity index (χ0v) is 21.7. The van der Waals surface area contributed by atoms with Gasteiger partial charge in [-0.1, -0.05) is 6.08 Å². The molecule has 2 aromatic rings. The highest BCUT2D eigenvalue weighted by atomic mass is 16.5. The van der Waals surface area contributed by atoms with E-state index in [1.807, 2.05) is 22.9 Å². The lowest BCUT2D eigenvalue weighted by Gasteiger charge is -2.23. The van der Waals surface area contributed by atoms with E-state index in [-0.39, 0.29) is 0 Å². The number of allylic oxidation sites excluding steroid dienone is 1. The van der Waals surface area contributed by atoms with Crippen LogP contribution in [0, 0.1) is 6.92 Å². The molecule has 0 saturated carbocycles. The van der Waals surface area contributed by atoms with Crippen LogP contribution in [-0.2, 0) is 27.5 Å². The largest absolute Gasteiger partial charge is 0.497 e. The molecule has 1 fully saturated rings. The van der Waals surface area contributed by atoms with E-state index in [2.05, 4.69) is 46.7 Å². The third-order valence-electron chi connectivity index (χ3n) is 6.07. The molecule has 12 heteroatoms. The second-order valence-corrected chi connectivity index (χ2v) is 9.04. The quantitative estimate of drug-likeness (QED) is 0.312. The molecule has 1 aliphatic heterocycles. The van der Waals surface area contributed by atoms with Gasteiger partial charge in [-0.3, -0.25) is 19.2 Å². The topological polar surface area (TPSA) is 166 Å². The number of ether oxygens (including phenoxy) is 1. The molecule has 0 bridgehead atoms. The summed E-state index contributed by atoms with van der Waals surface area (Å²) in [6, 6.07) is 8.38. The van der Waals surface area contributed by atoms with E-state index >= 15 is 0 Å². The average molecular weight is 533 g/mol. The average Bonchev–Trinajstić information content (AvgIpc) is 3.03. The molecule has 2 heterocycles. The molecule has 38 heavy (non-hydrogen) atoms. The zero-order valence-electron chi connectivity index (χ0n) is 21.7. The van der Waals surface area contributed by atoms with Crippen molar-refractivity contribution in [3.8, 4) is 5.75 Å². The first kappa shape index (κ1) is 30.3. The molecule has 1 aliphatic rings. The molecule has 0 unspecified atom stereocenters. The summed E-state index contributed by atoms with van der Waals surface area (Å²) < 4.78 is 7.23. The van der Waals surface area contributed by atoms with Crippen molar-refractivity contribution in [3.63, 3.8) is 0 Å². The van der Waals surface area contributed by atoms with Crippen LogP contribution in [0.2, 0.25) is 0 Å². The van der Waals surface area contributed by atoms with Crippen LogP contribution >= 0.6 is 0 Å². The lowest BCUT2D eigenvalue weighted by Crippen LogP contribution is -2.42. The summed E-state index contributed by atoms with van der Waals surface area (Å²) in [6.07, 6.45) is 2.92. The zero-order chi connectivity index (χ0) is 28.3. The number of carboxylic acids is 3. The molecule has 4 N–H and O–H groups in total. The van der Waals surface area contributed by atoms with Crippen molar-refractivity contribution < 1.29 is 39.5 Å². The fraction of sp³-hybridized carbons (Fsp3) is 0.462. The molecule has 1 aromatic heterocycles. The highest BCUT2D eigenvalue weighted by Gasteiger charge is 2.40. The number of aliphatic hydroxyl groups is 1. The minimum Gasteiger partial charge on any atom is -0.497 e. The van der Waals surface area contributed by atoms with Gasteiger partial charge in [0, 0.05) is 50.2 Å². The molecule has 208 valence electrons. The van der Waals surface area contributed by atoms with Gasteiger partial charge in [-0.2, -0.15) is 5.10 Å². The standard InChI is InChI=1S/C20H28N4O.C6H8O7/c1-4-10-24-16-18(17(2)21-24)15-22-11-5-12-23(14-13-22)19-6-8-20(25-3)9-7-19;7-3(8)1-6(13,5(11)12)2-4(9)10/h4,6-9,16H,1,5,10-15H2,2-3H3;13H,1-2H2,(H,7,8)(H,9,10)(H,11,12). The molecule has 1 saturated heterocycles. The molecule has 0 radical (unpaired) electrons. The van der Waals surface area contributed by atoms with Gasteiger partial charge in [-0.05, 0) is 37.6 Å². The van der Waals surface area contributed by atoms with Crippen molar-refractivity contribution in [1.29, 1.82) is 0 Å². The molecule has 0 atom stereocenters. The van der Waals surface area contributed by atoms with Gasteiger partial charge in [-0.25, -0.2) is 4.79 Å². The number of methoxy groups -OCH3 is 1. The SMILES string of the molecule is C=CCn1cc(CN2CCCN(c3ccc(OC)cc3)CC2)c(C)n1.O=C(O)CC(O)(CC(=O)O)C(=O)O. The van der Waals surface area contributed by atoms with Gasteiger partial charge in [0.05, 0.1) is 32.2 Å². The van der Waals surface area contributed by atoms with Gasteiger partial charge < -0.3 is 30.1 Å². The highest BCUT2D eigenvalue weighted by molar-refractivity contribution is 5.88. The van der Waals surface area contributed by atoms with Crippen LogP contribution in [0.25, 0.3) is 0 Å². The molecular formula is C26H36N4O8. The second kappa shape index (κ2) is 14.1. The highest BCUT2D eigenvalue weighted by Crippen LogP contribution is 2.21. The number of aryl methyl sites for hydroxylation is 1. The Morgan fingerprint density at radius 2 is 1.68 bits per heavy atom. The summed E-state index contributed by atoms with van der Waals surface area (Å²) in [4.78, 5) is 35.5. The lowest BCUT2D eigenvalue weighted by atomic mass is 9.96. The van der Waals surface area contributed by atoms with Crippen molar-refractivity contribution in [2.75, 3.05) is 38.2 Å². The summed E-state index contributed by atoms with van der Waals surface area (Å²) in [5, 5.41) is 38.4. The van der Waals surface area contributed by atoms with Crippen LogP contribution in [0.3, 0.4) is 0 Å². The van der Waals surface area contributed by atoms with Crippen LogP contribution in [0.15, 0.2) is 43.1 Å². The van der Waals surface area contributed by atoms with Gasteiger partial charge in [0.25, 0.3) is 0 Å². The Morgan fingerprint density at radius 3 is 2.21 bits per heavy atom. The first-order chi connectivity index (χ1) is 18.0. The first-order valence-electron chi connectivity index (χ1n) is 12.1. The van der Waals surface area contributed by atoms with Crippen molar-refractivity contribution in [2.24, 2.45) is 0 Å². The third-order valence-corrected chi connectivity index (χ3v) is 6.07. The minimum atomic E-state index is -2.74. The predicted molar refractivity (Wildman–Crippen MR) is 139 cm³/mol. The molecule has 0 amide bonds. The van der Waals surface area contributed by atoms with Crippen LogP contribution < -0.4 is 9.64 Å². The normalized spacial score (nSPS) is 14.1. The number of aliphatic carboxylic acids is 3. The predicted octanol–water partition coefficient (Wildman–Crippen LogP) is 1.85. The van der Waals surface area contributed by atoms with E-state index in [0.29, 0.717) is 0 Å². The van der Waals surface area contributed by atoms with Crippen molar-refractivity contribution in [2.45, 2.75) is 44.9 Å². The Balaban J connectivity index is 0.000000332. The first-order valence-corrected chi connectivity index (χ1v) is 12.1. The number of hydrogen-bond donors (Lipinski definition) is 4. The van der Waals surface area contributed by atoms with E-state index in [9.17, 15) is 14.4 Å². The number of nitrogens with zero attached hydrogens (tertiary/aromatic N) is 4. The van der Waals surface area contributed by atoms with Gasteiger partial charge in [0.2, 0.25) is 0 Å². The van der Waals surface area contributed by atoms with Gasteiger partial charge in [-0.15, -0.1) is 6.58 Å². The minimum absolute atomic E-state index is 0.770. The number of carboxylic acid groups (broad SMARTS) is 3. The Morgan fingerprint density at radius 1 is 1.05 bits per heavy atom. The maximum atomic E-state index is 10.3. The van der Waals surface area contributed by atoms with Crippen molar-refractivity contribution in [1.82, 2.24) is 14.7 Å². The summed E-state index contributed by atoms with van der Waals surface area (Å²) in [7, 11) is 1.71. The van der Waals surface area contributed by atoms with Crippen molar-refractivity contribution >= 4 is 23.6 Å². The number of rotatable bonds is 11. The van der Waals surface area contributed by atoms with Crippen LogP contribution in [0.4, 0.5) is 5.69 Å². The number of benzene rings is 1. The van der Waals surface area contributed by atoms with E-state index in [1.54, 1.807) is 7.11 Å². The van der Waals surface area contributed by atoms with Crippen molar-refractivity contribution in [3.05, 3.63) is 54.4 Å². The smallest absolute Gasteiger partial charge is 0.336 e. The fourth-order valence-corrected chi connectivity index (χ4v) is 4.08. The molecule has 1 aromatic carbocycles. The van der Waals surface area contributed by atoms with Crippen LogP contribution in [-0.4, -0.2) is 91.9 Å². The third kappa shape index (κ3) is 9.20. The lowest BCUT2D eigenvalue weighted by molar-refractivity contribution is -0.170. The Labute approximate surface area is 221 Å². The van der Waals surface area contributed by atoms with Gasteiger partial charge in [0.1, 0.15) is 5.75 Å². The van der Waals surface area contributed by atoms with E-state index in [0.717, 1.165) is 50.7 Å². The number of anilines is 1. The Kier molecular flexibility index (Phi) is 11.3. The van der Waals surface area contributed by atoms with Gasteiger partial charge >= 0.3 is 17.9 Å². The summed E-state index contributed by atoms with van der Waals surface area (Å²) in [5.41, 5.74) is 0.980. The van der Waals surface area contributed by atoms with E-state index in [4.69, 9.17) is 25.2 Å². The molecule has 0 spiro atoms. The number of carbonyl (C=O) groups is 3. The number of aromatic nitrogens is 2. The second-order valence-electron chi connectivity index (χ2n) is 9.04.